The molecule has 3 fully saturated rings. The quantitative estimate of drug-likeness (QED) is 0.324. The van der Waals surface area contributed by atoms with Gasteiger partial charge in [-0.25, -0.2) is 0 Å². The number of phenolic OH excluding ortho intramolecular Hbond substituents is 1. The number of likely N-dealkylation sites (tertiary alicyclic amines) is 2. The summed E-state index contributed by atoms with van der Waals surface area (Å²) in [5, 5.41) is 14.2. The number of amides is 4. The summed E-state index contributed by atoms with van der Waals surface area (Å²) in [4.78, 5) is 59.7. The first-order chi connectivity index (χ1) is 19.3. The Morgan fingerprint density at radius 1 is 0.800 bits per heavy atom. The number of imide groups is 2. The fraction of sp³-hybridized carbons (Fsp3) is 0.333. The molecule has 2 aliphatic heterocycles. The van der Waals surface area contributed by atoms with Crippen LogP contribution in [0.25, 0.3) is 0 Å². The zero-order valence-corrected chi connectivity index (χ0v) is 23.6. The highest BCUT2D eigenvalue weighted by Crippen LogP contribution is 2.59. The lowest BCUT2D eigenvalue weighted by atomic mass is 9.57. The van der Waals surface area contributed by atoms with Crippen molar-refractivity contribution in [1.29, 1.82) is 0 Å². The van der Waals surface area contributed by atoms with E-state index in [1.54, 1.807) is 6.07 Å². The number of allylic oxidation sites excluding steroid dienone is 2. The summed E-state index contributed by atoms with van der Waals surface area (Å²) in [6.45, 7) is 0.454. The summed E-state index contributed by atoms with van der Waals surface area (Å²) >= 11 is 9.66. The first-order valence-electron chi connectivity index (χ1n) is 13.3. The van der Waals surface area contributed by atoms with Gasteiger partial charge in [0.1, 0.15) is 5.75 Å². The zero-order valence-electron chi connectivity index (χ0n) is 21.2. The highest BCUT2D eigenvalue weighted by atomic mass is 35.5. The molecule has 4 aliphatic rings. The number of carbonyl (C=O) groups excluding carboxylic acids is 4. The molecule has 0 spiro atoms. The van der Waals surface area contributed by atoms with Gasteiger partial charge in [0, 0.05) is 20.7 Å². The van der Waals surface area contributed by atoms with Crippen LogP contribution in [0.5, 0.6) is 5.75 Å². The highest BCUT2D eigenvalue weighted by molar-refractivity contribution is 7.10. The number of hydrogen-bond acceptors (Lipinski definition) is 7. The maximum absolute atomic E-state index is 13.9. The Morgan fingerprint density at radius 2 is 1.43 bits per heavy atom. The second-order valence-electron chi connectivity index (χ2n) is 10.9. The lowest BCUT2D eigenvalue weighted by Gasteiger charge is -2.44. The van der Waals surface area contributed by atoms with Gasteiger partial charge in [0.2, 0.25) is 23.6 Å². The van der Waals surface area contributed by atoms with Crippen LogP contribution in [0.4, 0.5) is 0 Å². The molecule has 4 amide bonds. The minimum absolute atomic E-state index is 0.00396. The number of halogens is 1. The average Bonchev–Trinajstić information content (AvgIpc) is 3.73. The Kier molecular flexibility index (Phi) is 6.21. The number of nitrogens with zero attached hydrogens (tertiary/aromatic N) is 2. The van der Waals surface area contributed by atoms with Gasteiger partial charge in [0.05, 0.1) is 36.8 Å². The van der Waals surface area contributed by atoms with Crippen LogP contribution in [0.3, 0.4) is 0 Å². The number of benzene rings is 1. The smallest absolute Gasteiger partial charge is 0.234 e. The third kappa shape index (κ3) is 3.89. The molecule has 3 aromatic rings. The van der Waals surface area contributed by atoms with E-state index in [1.165, 1.54) is 44.6 Å². The van der Waals surface area contributed by atoms with E-state index < -0.39 is 29.6 Å². The Bertz CT molecular complexity index is 1570. The van der Waals surface area contributed by atoms with Crippen molar-refractivity contribution in [3.63, 3.8) is 0 Å². The van der Waals surface area contributed by atoms with Crippen LogP contribution < -0.4 is 0 Å². The van der Waals surface area contributed by atoms with Crippen LogP contribution in [-0.4, -0.2) is 38.5 Å². The van der Waals surface area contributed by atoms with Gasteiger partial charge in [-0.3, -0.25) is 29.0 Å². The first kappa shape index (κ1) is 25.7. The van der Waals surface area contributed by atoms with Crippen molar-refractivity contribution >= 4 is 57.9 Å². The highest BCUT2D eigenvalue weighted by Gasteiger charge is 2.62. The van der Waals surface area contributed by atoms with Crippen molar-refractivity contribution in [2.24, 2.45) is 29.6 Å². The Morgan fingerprint density at radius 3 is 2.02 bits per heavy atom. The molecule has 1 N–H and O–H groups in total. The molecule has 2 saturated heterocycles. The van der Waals surface area contributed by atoms with Crippen molar-refractivity contribution in [3.05, 3.63) is 85.2 Å². The Balaban J connectivity index is 1.30. The summed E-state index contributed by atoms with van der Waals surface area (Å²) in [5.74, 6) is -4.11. The van der Waals surface area contributed by atoms with Crippen LogP contribution in [-0.2, 0) is 32.3 Å². The average molecular weight is 593 g/mol. The van der Waals surface area contributed by atoms with Crippen molar-refractivity contribution in [2.45, 2.75) is 31.8 Å². The maximum atomic E-state index is 13.9. The second-order valence-corrected chi connectivity index (χ2v) is 13.4. The minimum Gasteiger partial charge on any atom is -0.508 e. The SMILES string of the molecule is O=C1C2CC=C3C(CC4C(=O)N(Cc5cccs5)C(=O)C4C3c3ccc(O)cc3Cl)C2C(=O)N1Cc1cccs1. The summed E-state index contributed by atoms with van der Waals surface area (Å²) in [6.07, 6.45) is 2.74. The van der Waals surface area contributed by atoms with Crippen LogP contribution >= 0.6 is 34.3 Å². The van der Waals surface area contributed by atoms with E-state index in [2.05, 4.69) is 0 Å². The maximum Gasteiger partial charge on any atom is 0.234 e. The summed E-state index contributed by atoms with van der Waals surface area (Å²) < 4.78 is 0. The van der Waals surface area contributed by atoms with E-state index in [1.807, 2.05) is 41.1 Å². The first-order valence-corrected chi connectivity index (χ1v) is 15.4. The summed E-state index contributed by atoms with van der Waals surface area (Å²) in [7, 11) is 0. The molecule has 4 heterocycles. The van der Waals surface area contributed by atoms with Gasteiger partial charge >= 0.3 is 0 Å². The topological polar surface area (TPSA) is 95.0 Å². The largest absolute Gasteiger partial charge is 0.508 e. The molecule has 0 bridgehead atoms. The fourth-order valence-corrected chi connectivity index (χ4v) is 8.94. The van der Waals surface area contributed by atoms with Crippen LogP contribution in [0.2, 0.25) is 5.02 Å². The number of carbonyl (C=O) groups is 4. The predicted octanol–water partition coefficient (Wildman–Crippen LogP) is 5.21. The van der Waals surface area contributed by atoms with Crippen molar-refractivity contribution < 1.29 is 24.3 Å². The van der Waals surface area contributed by atoms with Crippen molar-refractivity contribution in [1.82, 2.24) is 9.80 Å². The molecule has 2 aliphatic carbocycles. The fourth-order valence-electron chi connectivity index (χ4n) is 7.26. The molecule has 204 valence electrons. The molecule has 1 aromatic carbocycles. The molecule has 40 heavy (non-hydrogen) atoms. The lowest BCUT2D eigenvalue weighted by molar-refractivity contribution is -0.142. The summed E-state index contributed by atoms with van der Waals surface area (Å²) in [5.41, 5.74) is 1.54. The van der Waals surface area contributed by atoms with Crippen molar-refractivity contribution in [2.75, 3.05) is 0 Å². The number of rotatable bonds is 5. The minimum atomic E-state index is -0.664. The monoisotopic (exact) mass is 592 g/mol. The van der Waals surface area contributed by atoms with E-state index in [0.717, 1.165) is 15.3 Å². The third-order valence-electron chi connectivity index (χ3n) is 8.94. The van der Waals surface area contributed by atoms with Gasteiger partial charge in [-0.05, 0) is 59.3 Å². The molecule has 0 radical (unpaired) electrons. The second kappa shape index (κ2) is 9.68. The number of phenols is 1. The molecular formula is C30H25ClN2O5S2. The van der Waals surface area contributed by atoms with E-state index >= 15 is 0 Å². The number of aromatic hydroxyl groups is 1. The number of thiophene rings is 2. The van der Waals surface area contributed by atoms with Crippen LogP contribution in [0.1, 0.15) is 34.1 Å². The van der Waals surface area contributed by atoms with E-state index in [-0.39, 0.29) is 48.4 Å². The van der Waals surface area contributed by atoms with Crippen LogP contribution in [0.15, 0.2) is 64.9 Å². The standard InChI is InChI=1S/C30H25ClN2O5S2/c31-23-11-15(34)5-6-19(23)24-18-7-8-20-25(29(37)32(27(20)35)13-16-3-1-9-39-16)21(18)12-22-26(24)30(38)33(28(22)36)14-17-4-2-10-40-17/h1-7,9-11,20-22,24-26,34H,8,12-14H2. The zero-order chi connectivity index (χ0) is 27.7. The number of fused-ring (bicyclic) bond motifs is 4. The molecule has 6 unspecified atom stereocenters. The summed E-state index contributed by atoms with van der Waals surface area (Å²) in [6, 6.07) is 12.3. The molecule has 7 nitrogen and oxygen atoms in total. The normalized spacial score (nSPS) is 29.5. The molecule has 6 atom stereocenters. The molecular weight excluding hydrogens is 568 g/mol. The van der Waals surface area contributed by atoms with Gasteiger partial charge in [-0.1, -0.05) is 41.4 Å². The Labute approximate surface area is 243 Å². The van der Waals surface area contributed by atoms with Crippen molar-refractivity contribution in [3.8, 4) is 5.75 Å². The van der Waals surface area contributed by atoms with E-state index in [9.17, 15) is 24.3 Å². The van der Waals surface area contributed by atoms with Crippen LogP contribution in [0, 0.1) is 29.6 Å². The van der Waals surface area contributed by atoms with Gasteiger partial charge in [0.15, 0.2) is 0 Å². The van der Waals surface area contributed by atoms with Gasteiger partial charge in [-0.2, -0.15) is 0 Å². The van der Waals surface area contributed by atoms with E-state index in [0.29, 0.717) is 23.4 Å². The number of hydrogen-bond donors (Lipinski definition) is 1. The van der Waals surface area contributed by atoms with Gasteiger partial charge in [-0.15, -0.1) is 22.7 Å². The van der Waals surface area contributed by atoms with Gasteiger partial charge in [0.25, 0.3) is 0 Å². The predicted molar refractivity (Wildman–Crippen MR) is 150 cm³/mol. The molecule has 2 aromatic heterocycles. The Hall–Kier alpha value is -3.27. The third-order valence-corrected chi connectivity index (χ3v) is 11.0. The molecule has 1 saturated carbocycles. The van der Waals surface area contributed by atoms with E-state index in [4.69, 9.17) is 11.6 Å². The lowest BCUT2D eigenvalue weighted by Crippen LogP contribution is -2.43. The van der Waals surface area contributed by atoms with Gasteiger partial charge < -0.3 is 5.11 Å². The molecule has 10 heteroatoms. The molecule has 7 rings (SSSR count).